The maximum atomic E-state index is 10.9. The number of aliphatic hydroxyl groups is 1. The molecule has 11 heavy (non-hydrogen) atoms. The quantitative estimate of drug-likeness (QED) is 0.572. The second-order valence-corrected chi connectivity index (χ2v) is 3.34. The molecule has 0 aromatic heterocycles. The van der Waals surface area contributed by atoms with E-state index in [2.05, 4.69) is 20.7 Å². The number of alkyl halides is 1. The lowest BCUT2D eigenvalue weighted by atomic mass is 10.1. The molecule has 0 bridgehead atoms. The molecule has 0 aromatic rings. The minimum absolute atomic E-state index is 0.0853. The maximum Gasteiger partial charge on any atom is 0.335 e. The van der Waals surface area contributed by atoms with Crippen LogP contribution in [-0.4, -0.2) is 29.1 Å². The van der Waals surface area contributed by atoms with E-state index in [4.69, 9.17) is 5.11 Å². The Morgan fingerprint density at radius 3 is 2.55 bits per heavy atom. The predicted molar refractivity (Wildman–Crippen MR) is 45.6 cm³/mol. The third-order valence-electron chi connectivity index (χ3n) is 1.19. The molecule has 4 heteroatoms. The van der Waals surface area contributed by atoms with Crippen LogP contribution in [-0.2, 0) is 9.53 Å². The SMILES string of the molecule is CC(C)[C@H](O)C(=O)OCCBr. The molecule has 1 atom stereocenters. The lowest BCUT2D eigenvalue weighted by Gasteiger charge is -2.12. The van der Waals surface area contributed by atoms with E-state index < -0.39 is 12.1 Å². The first-order chi connectivity index (χ1) is 5.09. The molecule has 66 valence electrons. The molecule has 0 aliphatic carbocycles. The first-order valence-electron chi connectivity index (χ1n) is 3.50. The Hall–Kier alpha value is -0.0900. The highest BCUT2D eigenvalue weighted by atomic mass is 79.9. The van der Waals surface area contributed by atoms with Crippen LogP contribution in [0.25, 0.3) is 0 Å². The lowest BCUT2D eigenvalue weighted by Crippen LogP contribution is -2.28. The number of carbonyl (C=O) groups is 1. The molecule has 0 aliphatic heterocycles. The Balaban J connectivity index is 3.64. The van der Waals surface area contributed by atoms with Gasteiger partial charge in [0.25, 0.3) is 0 Å². The Bertz CT molecular complexity index is 125. The number of hydrogen-bond acceptors (Lipinski definition) is 3. The van der Waals surface area contributed by atoms with Crippen LogP contribution in [0, 0.1) is 5.92 Å². The van der Waals surface area contributed by atoms with Crippen LogP contribution < -0.4 is 0 Å². The molecule has 3 nitrogen and oxygen atoms in total. The van der Waals surface area contributed by atoms with Crippen molar-refractivity contribution in [3.05, 3.63) is 0 Å². The Morgan fingerprint density at radius 2 is 2.18 bits per heavy atom. The minimum atomic E-state index is -0.992. The van der Waals surface area contributed by atoms with Crippen LogP contribution in [0.4, 0.5) is 0 Å². The van der Waals surface area contributed by atoms with E-state index in [1.165, 1.54) is 0 Å². The first-order valence-corrected chi connectivity index (χ1v) is 4.62. The summed E-state index contributed by atoms with van der Waals surface area (Å²) in [7, 11) is 0. The fraction of sp³-hybridized carbons (Fsp3) is 0.857. The van der Waals surface area contributed by atoms with E-state index in [0.717, 1.165) is 0 Å². The average Bonchev–Trinajstić information content (AvgIpc) is 1.98. The molecule has 0 rings (SSSR count). The molecule has 0 unspecified atom stereocenters. The Labute approximate surface area is 74.9 Å². The normalized spacial score (nSPS) is 13.2. The number of ether oxygens (including phenoxy) is 1. The fourth-order valence-corrected chi connectivity index (χ4v) is 0.659. The van der Waals surface area contributed by atoms with Crippen LogP contribution >= 0.6 is 15.9 Å². The van der Waals surface area contributed by atoms with Crippen LogP contribution in [0.5, 0.6) is 0 Å². The maximum absolute atomic E-state index is 10.9. The van der Waals surface area contributed by atoms with Crippen molar-refractivity contribution in [3.8, 4) is 0 Å². The third kappa shape index (κ3) is 4.37. The van der Waals surface area contributed by atoms with Crippen LogP contribution in [0.15, 0.2) is 0 Å². The van der Waals surface area contributed by atoms with E-state index in [0.29, 0.717) is 11.9 Å². The van der Waals surface area contributed by atoms with Crippen LogP contribution in [0.3, 0.4) is 0 Å². The summed E-state index contributed by atoms with van der Waals surface area (Å²) in [6, 6.07) is 0. The van der Waals surface area contributed by atoms with Crippen LogP contribution in [0.2, 0.25) is 0 Å². The molecule has 0 spiro atoms. The van der Waals surface area contributed by atoms with Crippen molar-refractivity contribution in [2.75, 3.05) is 11.9 Å². The van der Waals surface area contributed by atoms with Gasteiger partial charge in [-0.2, -0.15) is 0 Å². The number of carbonyl (C=O) groups excluding carboxylic acids is 1. The highest BCUT2D eigenvalue weighted by Gasteiger charge is 2.19. The van der Waals surface area contributed by atoms with Gasteiger partial charge in [0.2, 0.25) is 0 Å². The molecule has 0 aromatic carbocycles. The van der Waals surface area contributed by atoms with E-state index in [-0.39, 0.29) is 5.92 Å². The van der Waals surface area contributed by atoms with Gasteiger partial charge in [-0.05, 0) is 5.92 Å². The molecule has 0 aliphatic rings. The van der Waals surface area contributed by atoms with Crippen molar-refractivity contribution in [1.29, 1.82) is 0 Å². The molecular formula is C7H13BrO3. The van der Waals surface area contributed by atoms with Gasteiger partial charge >= 0.3 is 5.97 Å². The van der Waals surface area contributed by atoms with E-state index >= 15 is 0 Å². The predicted octanol–water partition coefficient (Wildman–Crippen LogP) is 0.941. The summed E-state index contributed by atoms with van der Waals surface area (Å²) < 4.78 is 4.68. The van der Waals surface area contributed by atoms with E-state index in [1.807, 2.05) is 0 Å². The molecule has 0 radical (unpaired) electrons. The standard InChI is InChI=1S/C7H13BrO3/c1-5(2)6(9)7(10)11-4-3-8/h5-6,9H,3-4H2,1-2H3/t6-/m0/s1. The zero-order valence-electron chi connectivity index (χ0n) is 6.71. The highest BCUT2D eigenvalue weighted by molar-refractivity contribution is 9.09. The van der Waals surface area contributed by atoms with Gasteiger partial charge < -0.3 is 9.84 Å². The third-order valence-corrected chi connectivity index (χ3v) is 1.52. The topological polar surface area (TPSA) is 46.5 Å². The van der Waals surface area contributed by atoms with E-state index in [9.17, 15) is 4.79 Å². The molecule has 1 N–H and O–H groups in total. The summed E-state index contributed by atoms with van der Waals surface area (Å²) in [5.74, 6) is -0.628. The van der Waals surface area contributed by atoms with Gasteiger partial charge in [-0.15, -0.1) is 0 Å². The van der Waals surface area contributed by atoms with Gasteiger partial charge in [0, 0.05) is 5.33 Å². The number of aliphatic hydroxyl groups excluding tert-OH is 1. The number of halogens is 1. The lowest BCUT2D eigenvalue weighted by molar-refractivity contribution is -0.155. The molecule has 0 amide bonds. The van der Waals surface area contributed by atoms with Crippen molar-refractivity contribution < 1.29 is 14.6 Å². The average molecular weight is 225 g/mol. The van der Waals surface area contributed by atoms with Gasteiger partial charge in [-0.25, -0.2) is 4.79 Å². The molecular weight excluding hydrogens is 212 g/mol. The molecule has 0 heterocycles. The minimum Gasteiger partial charge on any atom is -0.463 e. The second kappa shape index (κ2) is 5.55. The number of hydrogen-bond donors (Lipinski definition) is 1. The van der Waals surface area contributed by atoms with Gasteiger partial charge in [-0.3, -0.25) is 0 Å². The van der Waals surface area contributed by atoms with Crippen molar-refractivity contribution in [3.63, 3.8) is 0 Å². The van der Waals surface area contributed by atoms with Gasteiger partial charge in [-0.1, -0.05) is 29.8 Å². The van der Waals surface area contributed by atoms with Crippen molar-refractivity contribution in [2.45, 2.75) is 20.0 Å². The molecule has 0 saturated carbocycles. The number of rotatable bonds is 4. The van der Waals surface area contributed by atoms with Crippen molar-refractivity contribution in [1.82, 2.24) is 0 Å². The first kappa shape index (κ1) is 10.9. The zero-order chi connectivity index (χ0) is 8.85. The summed E-state index contributed by atoms with van der Waals surface area (Å²) in [6.07, 6.45) is -0.992. The van der Waals surface area contributed by atoms with Gasteiger partial charge in [0.1, 0.15) is 6.61 Å². The summed E-state index contributed by atoms with van der Waals surface area (Å²) >= 11 is 3.11. The monoisotopic (exact) mass is 224 g/mol. The Morgan fingerprint density at radius 1 is 1.64 bits per heavy atom. The molecule has 0 saturated heterocycles. The Kier molecular flexibility index (Phi) is 5.50. The van der Waals surface area contributed by atoms with E-state index in [1.54, 1.807) is 13.8 Å². The van der Waals surface area contributed by atoms with Crippen molar-refractivity contribution in [2.24, 2.45) is 5.92 Å². The summed E-state index contributed by atoms with van der Waals surface area (Å²) in [5.41, 5.74) is 0. The smallest absolute Gasteiger partial charge is 0.335 e. The zero-order valence-corrected chi connectivity index (χ0v) is 8.30. The largest absolute Gasteiger partial charge is 0.463 e. The summed E-state index contributed by atoms with van der Waals surface area (Å²) in [4.78, 5) is 10.9. The van der Waals surface area contributed by atoms with Crippen molar-refractivity contribution >= 4 is 21.9 Å². The van der Waals surface area contributed by atoms with Crippen LogP contribution in [0.1, 0.15) is 13.8 Å². The summed E-state index contributed by atoms with van der Waals surface area (Å²) in [6.45, 7) is 3.84. The fourth-order valence-electron chi connectivity index (χ4n) is 0.497. The second-order valence-electron chi connectivity index (χ2n) is 2.55. The number of esters is 1. The summed E-state index contributed by atoms with van der Waals surface area (Å²) in [5, 5.41) is 9.73. The molecule has 0 fully saturated rings. The van der Waals surface area contributed by atoms with Gasteiger partial charge in [0.05, 0.1) is 0 Å². The highest BCUT2D eigenvalue weighted by Crippen LogP contribution is 2.02. The van der Waals surface area contributed by atoms with Gasteiger partial charge in [0.15, 0.2) is 6.10 Å².